The molecule has 0 aromatic carbocycles. The molecule has 0 unspecified atom stereocenters. The van der Waals surface area contributed by atoms with Crippen LogP contribution in [0.5, 0.6) is 0 Å². The minimum absolute atomic E-state index is 0.116. The van der Waals surface area contributed by atoms with E-state index in [4.69, 9.17) is 0 Å². The van der Waals surface area contributed by atoms with Gasteiger partial charge in [0.15, 0.2) is 15.8 Å². The van der Waals surface area contributed by atoms with Crippen molar-refractivity contribution in [1.82, 2.24) is 10.6 Å². The minimum atomic E-state index is -3.09. The summed E-state index contributed by atoms with van der Waals surface area (Å²) in [5.41, 5.74) is 0. The van der Waals surface area contributed by atoms with Crippen molar-refractivity contribution in [2.24, 2.45) is 10.9 Å². The molecule has 0 rings (SSSR count). The summed E-state index contributed by atoms with van der Waals surface area (Å²) in [6, 6.07) is 0. The summed E-state index contributed by atoms with van der Waals surface area (Å²) in [4.78, 5) is 4.43. The number of hydrogen-bond donors (Lipinski definition) is 2. The molecule has 20 heavy (non-hydrogen) atoms. The van der Waals surface area contributed by atoms with Crippen LogP contribution in [0, 0.1) is 5.92 Å². The van der Waals surface area contributed by atoms with E-state index in [0.29, 0.717) is 18.4 Å². The van der Waals surface area contributed by atoms with Crippen LogP contribution in [0.15, 0.2) is 4.99 Å². The van der Waals surface area contributed by atoms with Gasteiger partial charge in [-0.3, -0.25) is 4.99 Å². The average molecular weight is 305 g/mol. The van der Waals surface area contributed by atoms with Crippen LogP contribution in [0.2, 0.25) is 0 Å². The molecule has 0 atom stereocenters. The first-order valence-electron chi connectivity index (χ1n) is 7.34. The van der Waals surface area contributed by atoms with E-state index in [2.05, 4.69) is 29.5 Å². The van der Waals surface area contributed by atoms with Gasteiger partial charge in [-0.2, -0.15) is 0 Å². The molecule has 0 aliphatic rings. The van der Waals surface area contributed by atoms with Crippen LogP contribution in [-0.2, 0) is 9.84 Å². The summed E-state index contributed by atoms with van der Waals surface area (Å²) in [5.74, 6) is 1.42. The maximum absolute atomic E-state index is 12.0. The molecule has 5 nitrogen and oxygen atoms in total. The number of sulfone groups is 1. The Hall–Kier alpha value is -0.780. The average Bonchev–Trinajstić information content (AvgIpc) is 2.26. The number of rotatable bonds is 7. The predicted octanol–water partition coefficient (Wildman–Crippen LogP) is 1.80. The van der Waals surface area contributed by atoms with Crippen LogP contribution < -0.4 is 10.6 Å². The molecule has 0 heterocycles. The first kappa shape index (κ1) is 19.2. The van der Waals surface area contributed by atoms with Crippen molar-refractivity contribution >= 4 is 15.8 Å². The molecule has 0 fully saturated rings. The Morgan fingerprint density at radius 2 is 1.80 bits per heavy atom. The number of nitrogens with one attached hydrogen (secondary N) is 2. The van der Waals surface area contributed by atoms with E-state index in [1.54, 1.807) is 20.8 Å². The summed E-state index contributed by atoms with van der Waals surface area (Å²) >= 11 is 0. The number of nitrogens with zero attached hydrogens (tertiary/aromatic N) is 1. The largest absolute Gasteiger partial charge is 0.357 e. The van der Waals surface area contributed by atoms with Gasteiger partial charge in [0.25, 0.3) is 0 Å². The first-order valence-corrected chi connectivity index (χ1v) is 9.00. The molecule has 0 radical (unpaired) electrons. The van der Waals surface area contributed by atoms with Crippen LogP contribution >= 0.6 is 0 Å². The lowest BCUT2D eigenvalue weighted by Crippen LogP contribution is -2.41. The smallest absolute Gasteiger partial charge is 0.191 e. The van der Waals surface area contributed by atoms with Gasteiger partial charge in [0.05, 0.1) is 10.5 Å². The van der Waals surface area contributed by atoms with E-state index < -0.39 is 14.6 Å². The van der Waals surface area contributed by atoms with Gasteiger partial charge < -0.3 is 10.6 Å². The molecule has 0 aromatic rings. The molecule has 2 N–H and O–H groups in total. The van der Waals surface area contributed by atoms with E-state index in [-0.39, 0.29) is 5.75 Å². The fraction of sp³-hybridized carbons (Fsp3) is 0.929. The maximum Gasteiger partial charge on any atom is 0.191 e. The third kappa shape index (κ3) is 7.72. The summed E-state index contributed by atoms with van der Waals surface area (Å²) in [6.45, 7) is 13.4. The zero-order chi connectivity index (χ0) is 15.8. The monoisotopic (exact) mass is 305 g/mol. The Morgan fingerprint density at radius 1 is 1.20 bits per heavy atom. The molecule has 0 saturated heterocycles. The zero-order valence-electron chi connectivity index (χ0n) is 13.8. The molecule has 0 saturated carbocycles. The third-order valence-electron chi connectivity index (χ3n) is 2.92. The summed E-state index contributed by atoms with van der Waals surface area (Å²) in [5, 5.41) is 6.21. The SMILES string of the molecule is CCNC(=NCCC(C)C)NCCS(=O)(=O)C(C)(C)C. The highest BCUT2D eigenvalue weighted by molar-refractivity contribution is 7.92. The van der Waals surface area contributed by atoms with Gasteiger partial charge in [-0.05, 0) is 40.0 Å². The van der Waals surface area contributed by atoms with Crippen LogP contribution in [0.25, 0.3) is 0 Å². The zero-order valence-corrected chi connectivity index (χ0v) is 14.6. The maximum atomic E-state index is 12.0. The second kappa shape index (κ2) is 8.49. The van der Waals surface area contributed by atoms with Crippen molar-refractivity contribution < 1.29 is 8.42 Å². The predicted molar refractivity (Wildman–Crippen MR) is 87.0 cm³/mol. The summed E-state index contributed by atoms with van der Waals surface area (Å²) < 4.78 is 23.3. The quantitative estimate of drug-likeness (QED) is 0.556. The number of hydrogen-bond acceptors (Lipinski definition) is 3. The van der Waals surface area contributed by atoms with Gasteiger partial charge in [-0.1, -0.05) is 13.8 Å². The highest BCUT2D eigenvalue weighted by atomic mass is 32.2. The van der Waals surface area contributed by atoms with Gasteiger partial charge in [-0.25, -0.2) is 8.42 Å². The lowest BCUT2D eigenvalue weighted by Gasteiger charge is -2.19. The van der Waals surface area contributed by atoms with Crippen molar-refractivity contribution in [3.05, 3.63) is 0 Å². The van der Waals surface area contributed by atoms with Crippen molar-refractivity contribution in [3.63, 3.8) is 0 Å². The van der Waals surface area contributed by atoms with E-state index in [9.17, 15) is 8.42 Å². The van der Waals surface area contributed by atoms with E-state index in [1.807, 2.05) is 6.92 Å². The van der Waals surface area contributed by atoms with Crippen molar-refractivity contribution in [2.75, 3.05) is 25.4 Å². The topological polar surface area (TPSA) is 70.6 Å². The highest BCUT2D eigenvalue weighted by Gasteiger charge is 2.28. The van der Waals surface area contributed by atoms with Gasteiger partial charge in [0.2, 0.25) is 0 Å². The molecule has 120 valence electrons. The summed E-state index contributed by atoms with van der Waals surface area (Å²) in [6.07, 6.45) is 1.02. The van der Waals surface area contributed by atoms with Gasteiger partial charge in [0, 0.05) is 19.6 Å². The second-order valence-electron chi connectivity index (χ2n) is 6.30. The Kier molecular flexibility index (Phi) is 8.16. The fourth-order valence-corrected chi connectivity index (χ4v) is 2.37. The Bertz CT molecular complexity index is 395. The lowest BCUT2D eigenvalue weighted by atomic mass is 10.1. The molecule has 6 heteroatoms. The normalized spacial score (nSPS) is 13.7. The van der Waals surface area contributed by atoms with Crippen LogP contribution in [-0.4, -0.2) is 44.5 Å². The fourth-order valence-electron chi connectivity index (χ4n) is 1.39. The van der Waals surface area contributed by atoms with Crippen molar-refractivity contribution in [1.29, 1.82) is 0 Å². The Morgan fingerprint density at radius 3 is 2.25 bits per heavy atom. The standard InChI is InChI=1S/C14H31N3O2S/c1-7-15-13(16-9-8-12(2)3)17-10-11-20(18,19)14(4,5)6/h12H,7-11H2,1-6H3,(H2,15,16,17). The molecule has 0 aliphatic heterocycles. The lowest BCUT2D eigenvalue weighted by molar-refractivity contribution is 0.559. The van der Waals surface area contributed by atoms with E-state index >= 15 is 0 Å². The number of aliphatic imine (C=N–C) groups is 1. The molecule has 0 aromatic heterocycles. The summed E-state index contributed by atoms with van der Waals surface area (Å²) in [7, 11) is -3.09. The van der Waals surface area contributed by atoms with Crippen molar-refractivity contribution in [2.45, 2.75) is 52.7 Å². The highest BCUT2D eigenvalue weighted by Crippen LogP contribution is 2.15. The molecular formula is C14H31N3O2S. The second-order valence-corrected chi connectivity index (χ2v) is 9.16. The van der Waals surface area contributed by atoms with Gasteiger partial charge in [0.1, 0.15) is 0 Å². The van der Waals surface area contributed by atoms with Gasteiger partial charge >= 0.3 is 0 Å². The first-order chi connectivity index (χ1) is 9.10. The minimum Gasteiger partial charge on any atom is -0.357 e. The van der Waals surface area contributed by atoms with Crippen LogP contribution in [0.3, 0.4) is 0 Å². The molecule has 0 bridgehead atoms. The Labute approximate surface area is 124 Å². The molecule has 0 spiro atoms. The Balaban J connectivity index is 4.35. The van der Waals surface area contributed by atoms with Crippen LogP contribution in [0.1, 0.15) is 48.0 Å². The molecular weight excluding hydrogens is 274 g/mol. The molecule has 0 amide bonds. The molecule has 0 aliphatic carbocycles. The van der Waals surface area contributed by atoms with E-state index in [0.717, 1.165) is 19.5 Å². The van der Waals surface area contributed by atoms with E-state index in [1.165, 1.54) is 0 Å². The van der Waals surface area contributed by atoms with Crippen LogP contribution in [0.4, 0.5) is 0 Å². The third-order valence-corrected chi connectivity index (χ3v) is 5.52. The van der Waals surface area contributed by atoms with Gasteiger partial charge in [-0.15, -0.1) is 0 Å². The number of guanidine groups is 1. The van der Waals surface area contributed by atoms with Crippen molar-refractivity contribution in [3.8, 4) is 0 Å².